The number of aromatic nitrogens is 2. The normalized spacial score (nSPS) is 19.4. The Labute approximate surface area is 185 Å². The molecular weight excluding hydrogens is 396 g/mol. The maximum atomic E-state index is 12.3. The van der Waals surface area contributed by atoms with Crippen LogP contribution in [0.15, 0.2) is 12.3 Å². The molecule has 1 fully saturated rings. The molecule has 174 valence electrons. The van der Waals surface area contributed by atoms with Crippen molar-refractivity contribution in [1.82, 2.24) is 20.6 Å². The van der Waals surface area contributed by atoms with Crippen LogP contribution in [0.25, 0.3) is 0 Å². The van der Waals surface area contributed by atoms with Crippen LogP contribution in [0.2, 0.25) is 0 Å². The third-order valence-corrected chi connectivity index (χ3v) is 5.41. The van der Waals surface area contributed by atoms with E-state index in [1.165, 1.54) is 0 Å². The molecule has 31 heavy (non-hydrogen) atoms. The number of rotatable bonds is 10. The molecule has 1 atom stereocenters. The van der Waals surface area contributed by atoms with Crippen molar-refractivity contribution in [2.45, 2.75) is 65.0 Å². The lowest BCUT2D eigenvalue weighted by Gasteiger charge is -2.29. The SMILES string of the molecule is CCOC(=O)[C@H](CC(C)C)NC(=O)NCC1CCC(Nc2nccc(N(C)C)n2)CC1. The molecule has 0 saturated heterocycles. The number of esters is 1. The Balaban J connectivity index is 1.74. The zero-order chi connectivity index (χ0) is 22.8. The number of hydrogen-bond donors (Lipinski definition) is 3. The Bertz CT molecular complexity index is 704. The fourth-order valence-corrected chi connectivity index (χ4v) is 3.74. The molecule has 0 unspecified atom stereocenters. The smallest absolute Gasteiger partial charge is 0.328 e. The average Bonchev–Trinajstić information content (AvgIpc) is 2.73. The van der Waals surface area contributed by atoms with Gasteiger partial charge in [0.25, 0.3) is 0 Å². The molecule has 0 bridgehead atoms. The number of nitrogens with one attached hydrogen (secondary N) is 3. The van der Waals surface area contributed by atoms with E-state index in [2.05, 4.69) is 25.9 Å². The predicted molar refractivity (Wildman–Crippen MR) is 122 cm³/mol. The Kier molecular flexibility index (Phi) is 9.81. The van der Waals surface area contributed by atoms with E-state index >= 15 is 0 Å². The number of nitrogens with zero attached hydrogens (tertiary/aromatic N) is 3. The summed E-state index contributed by atoms with van der Waals surface area (Å²) in [5.74, 6) is 1.85. The summed E-state index contributed by atoms with van der Waals surface area (Å²) in [7, 11) is 3.91. The Morgan fingerprint density at radius 3 is 2.55 bits per heavy atom. The van der Waals surface area contributed by atoms with Gasteiger partial charge in [0.2, 0.25) is 5.95 Å². The van der Waals surface area contributed by atoms with Crippen LogP contribution in [0, 0.1) is 11.8 Å². The van der Waals surface area contributed by atoms with Gasteiger partial charge in [-0.1, -0.05) is 13.8 Å². The molecule has 1 aromatic heterocycles. The molecule has 3 N–H and O–H groups in total. The first-order valence-electron chi connectivity index (χ1n) is 11.3. The van der Waals surface area contributed by atoms with Crippen LogP contribution in [-0.2, 0) is 9.53 Å². The van der Waals surface area contributed by atoms with Crippen LogP contribution in [0.5, 0.6) is 0 Å². The second-order valence-corrected chi connectivity index (χ2v) is 8.78. The molecule has 1 heterocycles. The molecule has 9 heteroatoms. The summed E-state index contributed by atoms with van der Waals surface area (Å²) in [6.45, 7) is 6.70. The van der Waals surface area contributed by atoms with Crippen LogP contribution in [-0.4, -0.2) is 61.3 Å². The van der Waals surface area contributed by atoms with Crippen molar-refractivity contribution < 1.29 is 14.3 Å². The van der Waals surface area contributed by atoms with Crippen LogP contribution in [0.4, 0.5) is 16.6 Å². The topological polar surface area (TPSA) is 108 Å². The maximum Gasteiger partial charge on any atom is 0.328 e. The highest BCUT2D eigenvalue weighted by atomic mass is 16.5. The Morgan fingerprint density at radius 1 is 1.23 bits per heavy atom. The van der Waals surface area contributed by atoms with Crippen molar-refractivity contribution in [3.63, 3.8) is 0 Å². The Hall–Kier alpha value is -2.58. The molecule has 0 aromatic carbocycles. The van der Waals surface area contributed by atoms with Gasteiger partial charge in [0.1, 0.15) is 11.9 Å². The lowest BCUT2D eigenvalue weighted by molar-refractivity contribution is -0.145. The largest absolute Gasteiger partial charge is 0.464 e. The van der Waals surface area contributed by atoms with Gasteiger partial charge in [-0.25, -0.2) is 14.6 Å². The standard InChI is InChI=1S/C22H38N6O3/c1-6-31-20(29)18(13-15(2)3)26-22(30)24-14-16-7-9-17(10-8-16)25-21-23-12-11-19(27-21)28(4)5/h11-12,15-18H,6-10,13-14H2,1-5H3,(H,23,25,27)(H2,24,26,30)/t16?,17?,18-/m0/s1. The van der Waals surface area contributed by atoms with Gasteiger partial charge in [0.15, 0.2) is 0 Å². The minimum absolute atomic E-state index is 0.278. The van der Waals surface area contributed by atoms with Gasteiger partial charge in [0, 0.05) is 32.9 Å². The number of amides is 2. The molecule has 0 spiro atoms. The second-order valence-electron chi connectivity index (χ2n) is 8.78. The van der Waals surface area contributed by atoms with Gasteiger partial charge < -0.3 is 25.6 Å². The summed E-state index contributed by atoms with van der Waals surface area (Å²) in [6, 6.07) is 1.29. The van der Waals surface area contributed by atoms with Crippen molar-refractivity contribution in [2.75, 3.05) is 37.5 Å². The summed E-state index contributed by atoms with van der Waals surface area (Å²) < 4.78 is 5.08. The zero-order valence-corrected chi connectivity index (χ0v) is 19.5. The van der Waals surface area contributed by atoms with Crippen LogP contribution >= 0.6 is 0 Å². The average molecular weight is 435 g/mol. The molecule has 1 saturated carbocycles. The highest BCUT2D eigenvalue weighted by Gasteiger charge is 2.25. The van der Waals surface area contributed by atoms with Gasteiger partial charge in [-0.2, -0.15) is 4.98 Å². The quantitative estimate of drug-likeness (QED) is 0.486. The molecule has 1 aliphatic carbocycles. The van der Waals surface area contributed by atoms with Gasteiger partial charge in [-0.05, 0) is 56.9 Å². The summed E-state index contributed by atoms with van der Waals surface area (Å²) in [6.07, 6.45) is 6.35. The van der Waals surface area contributed by atoms with Gasteiger partial charge in [-0.3, -0.25) is 0 Å². The molecule has 1 aliphatic rings. The van der Waals surface area contributed by atoms with Crippen molar-refractivity contribution >= 4 is 23.8 Å². The van der Waals surface area contributed by atoms with Crippen LogP contribution < -0.4 is 20.9 Å². The molecule has 1 aromatic rings. The van der Waals surface area contributed by atoms with E-state index in [4.69, 9.17) is 4.74 Å². The number of carbonyl (C=O) groups excluding carboxylic acids is 2. The predicted octanol–water partition coefficient (Wildman–Crippen LogP) is 2.79. The highest BCUT2D eigenvalue weighted by molar-refractivity contribution is 5.83. The van der Waals surface area contributed by atoms with E-state index in [0.29, 0.717) is 37.5 Å². The number of hydrogen-bond acceptors (Lipinski definition) is 7. The second kappa shape index (κ2) is 12.3. The molecule has 0 radical (unpaired) electrons. The molecule has 0 aliphatic heterocycles. The fourth-order valence-electron chi connectivity index (χ4n) is 3.74. The summed E-state index contributed by atoms with van der Waals surface area (Å²) in [4.78, 5) is 35.2. The summed E-state index contributed by atoms with van der Waals surface area (Å²) >= 11 is 0. The first kappa shape index (κ1) is 24.7. The van der Waals surface area contributed by atoms with Crippen molar-refractivity contribution in [3.05, 3.63) is 12.3 Å². The van der Waals surface area contributed by atoms with Crippen molar-refractivity contribution in [2.24, 2.45) is 11.8 Å². The summed E-state index contributed by atoms with van der Waals surface area (Å²) in [5.41, 5.74) is 0. The first-order chi connectivity index (χ1) is 14.8. The van der Waals surface area contributed by atoms with E-state index in [1.54, 1.807) is 13.1 Å². The first-order valence-corrected chi connectivity index (χ1v) is 11.3. The van der Waals surface area contributed by atoms with E-state index in [9.17, 15) is 9.59 Å². The lowest BCUT2D eigenvalue weighted by Crippen LogP contribution is -2.48. The third kappa shape index (κ3) is 8.59. The van der Waals surface area contributed by atoms with E-state index in [0.717, 1.165) is 31.5 Å². The number of urea groups is 1. The fraction of sp³-hybridized carbons (Fsp3) is 0.727. The molecule has 2 rings (SSSR count). The number of anilines is 2. The van der Waals surface area contributed by atoms with Gasteiger partial charge in [-0.15, -0.1) is 0 Å². The van der Waals surface area contributed by atoms with Crippen LogP contribution in [0.3, 0.4) is 0 Å². The minimum Gasteiger partial charge on any atom is -0.464 e. The molecule has 9 nitrogen and oxygen atoms in total. The molecular formula is C22H38N6O3. The van der Waals surface area contributed by atoms with Gasteiger partial charge in [0.05, 0.1) is 6.61 Å². The third-order valence-electron chi connectivity index (χ3n) is 5.41. The minimum atomic E-state index is -0.613. The summed E-state index contributed by atoms with van der Waals surface area (Å²) in [5, 5.41) is 9.13. The van der Waals surface area contributed by atoms with Crippen molar-refractivity contribution in [3.8, 4) is 0 Å². The highest BCUT2D eigenvalue weighted by Crippen LogP contribution is 2.25. The Morgan fingerprint density at radius 2 is 1.94 bits per heavy atom. The zero-order valence-electron chi connectivity index (χ0n) is 19.5. The number of ether oxygens (including phenoxy) is 1. The maximum absolute atomic E-state index is 12.3. The van der Waals surface area contributed by atoms with Gasteiger partial charge >= 0.3 is 12.0 Å². The van der Waals surface area contributed by atoms with Crippen molar-refractivity contribution in [1.29, 1.82) is 0 Å². The molecule has 2 amide bonds. The lowest BCUT2D eigenvalue weighted by atomic mass is 9.86. The van der Waals surface area contributed by atoms with E-state index in [-0.39, 0.29) is 17.9 Å². The van der Waals surface area contributed by atoms with E-state index in [1.807, 2.05) is 38.9 Å². The monoisotopic (exact) mass is 434 g/mol. The number of carbonyl (C=O) groups is 2. The van der Waals surface area contributed by atoms with E-state index < -0.39 is 6.04 Å². The van der Waals surface area contributed by atoms with Crippen LogP contribution in [0.1, 0.15) is 52.9 Å².